The summed E-state index contributed by atoms with van der Waals surface area (Å²) < 4.78 is 58.0. The predicted molar refractivity (Wildman–Crippen MR) is 68.7 cm³/mol. The lowest BCUT2D eigenvalue weighted by atomic mass is 9.89. The Labute approximate surface area is 126 Å². The third-order valence-corrected chi connectivity index (χ3v) is 3.54. The molecule has 4 nitrogen and oxygen atoms in total. The van der Waals surface area contributed by atoms with Crippen molar-refractivity contribution in [2.45, 2.75) is 63.9 Å². The van der Waals surface area contributed by atoms with Crippen LogP contribution in [0.5, 0.6) is 0 Å². The highest BCUT2D eigenvalue weighted by atomic mass is 19.3. The molecule has 0 saturated heterocycles. The van der Waals surface area contributed by atoms with Gasteiger partial charge in [0.2, 0.25) is 0 Å². The Morgan fingerprint density at radius 1 is 1.09 bits per heavy atom. The van der Waals surface area contributed by atoms with Crippen LogP contribution in [0.2, 0.25) is 0 Å². The van der Waals surface area contributed by atoms with Crippen LogP contribution >= 0.6 is 0 Å². The molecule has 0 aromatic carbocycles. The average Bonchev–Trinajstić information content (AvgIpc) is 2.45. The van der Waals surface area contributed by atoms with Crippen molar-refractivity contribution >= 4 is 11.9 Å². The summed E-state index contributed by atoms with van der Waals surface area (Å²) in [5.41, 5.74) is 0. The number of hydrogen-bond acceptors (Lipinski definition) is 4. The third-order valence-electron chi connectivity index (χ3n) is 3.54. The smallest absolute Gasteiger partial charge is 0.340 e. The maximum Gasteiger partial charge on any atom is 0.340 e. The van der Waals surface area contributed by atoms with Gasteiger partial charge in [0.1, 0.15) is 6.10 Å². The minimum Gasteiger partial charge on any atom is -0.462 e. The largest absolute Gasteiger partial charge is 0.462 e. The molecule has 0 aliphatic heterocycles. The van der Waals surface area contributed by atoms with Gasteiger partial charge in [0.15, 0.2) is 6.61 Å². The van der Waals surface area contributed by atoms with Crippen LogP contribution in [0.25, 0.3) is 0 Å². The zero-order valence-corrected chi connectivity index (χ0v) is 12.3. The van der Waals surface area contributed by atoms with E-state index in [9.17, 15) is 27.2 Å². The SMILES string of the molecule is CC1CCC(OC(=O)CCC(=O)OCC(F)(F)C(F)F)CC1. The molecule has 0 aromatic rings. The summed E-state index contributed by atoms with van der Waals surface area (Å²) in [7, 11) is 0. The van der Waals surface area contributed by atoms with Crippen LogP contribution in [0.15, 0.2) is 0 Å². The van der Waals surface area contributed by atoms with E-state index in [1.807, 2.05) is 0 Å². The summed E-state index contributed by atoms with van der Waals surface area (Å²) in [5.74, 6) is -5.53. The fourth-order valence-corrected chi connectivity index (χ4v) is 2.11. The highest BCUT2D eigenvalue weighted by Crippen LogP contribution is 2.26. The summed E-state index contributed by atoms with van der Waals surface area (Å²) in [4.78, 5) is 22.7. The van der Waals surface area contributed by atoms with E-state index in [1.165, 1.54) is 0 Å². The Morgan fingerprint density at radius 3 is 2.18 bits per heavy atom. The first kappa shape index (κ1) is 18.7. The molecule has 0 atom stereocenters. The number of carbonyl (C=O) groups is 2. The van der Waals surface area contributed by atoms with Gasteiger partial charge in [0, 0.05) is 0 Å². The van der Waals surface area contributed by atoms with Crippen molar-refractivity contribution in [3.8, 4) is 0 Å². The summed E-state index contributed by atoms with van der Waals surface area (Å²) >= 11 is 0. The number of alkyl halides is 4. The molecule has 128 valence electrons. The zero-order valence-electron chi connectivity index (χ0n) is 12.3. The number of rotatable bonds is 7. The van der Waals surface area contributed by atoms with Gasteiger partial charge in [0.05, 0.1) is 12.8 Å². The minimum atomic E-state index is -4.38. The summed E-state index contributed by atoms with van der Waals surface area (Å²) in [6.45, 7) is 0.419. The molecule has 1 saturated carbocycles. The van der Waals surface area contributed by atoms with Gasteiger partial charge in [-0.1, -0.05) is 6.92 Å². The highest BCUT2D eigenvalue weighted by molar-refractivity contribution is 5.77. The quantitative estimate of drug-likeness (QED) is 0.531. The summed E-state index contributed by atoms with van der Waals surface area (Å²) in [5, 5.41) is 0. The van der Waals surface area contributed by atoms with Crippen LogP contribution in [0.3, 0.4) is 0 Å². The molecule has 1 aliphatic rings. The molecular weight excluding hydrogens is 308 g/mol. The molecule has 1 rings (SSSR count). The molecule has 22 heavy (non-hydrogen) atoms. The standard InChI is InChI=1S/C14H20F4O4/c1-9-2-4-10(5-3-9)22-12(20)7-6-11(19)21-8-14(17,18)13(15)16/h9-10,13H,2-8H2,1H3. The second-order valence-corrected chi connectivity index (χ2v) is 5.59. The number of esters is 2. The van der Waals surface area contributed by atoms with Crippen LogP contribution in [0.4, 0.5) is 17.6 Å². The molecule has 0 radical (unpaired) electrons. The summed E-state index contributed by atoms with van der Waals surface area (Å²) in [6, 6.07) is 0. The molecule has 0 heterocycles. The van der Waals surface area contributed by atoms with Gasteiger partial charge in [0.25, 0.3) is 0 Å². The molecule has 0 spiro atoms. The Bertz CT molecular complexity index is 379. The lowest BCUT2D eigenvalue weighted by Crippen LogP contribution is -2.33. The Hall–Kier alpha value is -1.34. The third kappa shape index (κ3) is 6.62. The molecule has 1 fully saturated rings. The van der Waals surface area contributed by atoms with Crippen molar-refractivity contribution < 1.29 is 36.6 Å². The first-order valence-corrected chi connectivity index (χ1v) is 7.21. The molecule has 0 bridgehead atoms. The Kier molecular flexibility index (Phi) is 7.09. The zero-order chi connectivity index (χ0) is 16.8. The van der Waals surface area contributed by atoms with E-state index >= 15 is 0 Å². The van der Waals surface area contributed by atoms with E-state index in [2.05, 4.69) is 11.7 Å². The molecule has 0 aromatic heterocycles. The van der Waals surface area contributed by atoms with Crippen LogP contribution in [0.1, 0.15) is 45.4 Å². The number of carbonyl (C=O) groups excluding carboxylic acids is 2. The van der Waals surface area contributed by atoms with Crippen LogP contribution in [-0.4, -0.2) is 37.0 Å². The second-order valence-electron chi connectivity index (χ2n) is 5.59. The van der Waals surface area contributed by atoms with Gasteiger partial charge in [-0.15, -0.1) is 0 Å². The first-order valence-electron chi connectivity index (χ1n) is 7.21. The van der Waals surface area contributed by atoms with Crippen LogP contribution in [0, 0.1) is 5.92 Å². The van der Waals surface area contributed by atoms with E-state index in [4.69, 9.17) is 4.74 Å². The van der Waals surface area contributed by atoms with E-state index in [0.29, 0.717) is 5.92 Å². The first-order chi connectivity index (χ1) is 10.2. The maximum absolute atomic E-state index is 12.5. The normalized spacial score (nSPS) is 22.5. The van der Waals surface area contributed by atoms with Crippen LogP contribution in [-0.2, 0) is 19.1 Å². The van der Waals surface area contributed by atoms with Crippen LogP contribution < -0.4 is 0 Å². The lowest BCUT2D eigenvalue weighted by Gasteiger charge is -2.25. The summed E-state index contributed by atoms with van der Waals surface area (Å²) in [6.07, 6.45) is -1.42. The van der Waals surface area contributed by atoms with E-state index in [1.54, 1.807) is 0 Å². The van der Waals surface area contributed by atoms with Crippen molar-refractivity contribution in [2.75, 3.05) is 6.61 Å². The highest BCUT2D eigenvalue weighted by Gasteiger charge is 2.42. The monoisotopic (exact) mass is 328 g/mol. The van der Waals surface area contributed by atoms with E-state index < -0.39 is 37.3 Å². The van der Waals surface area contributed by atoms with Crippen molar-refractivity contribution in [3.63, 3.8) is 0 Å². The fraction of sp³-hybridized carbons (Fsp3) is 0.857. The fourth-order valence-electron chi connectivity index (χ4n) is 2.11. The predicted octanol–water partition coefficient (Wildman–Crippen LogP) is 3.33. The van der Waals surface area contributed by atoms with Crippen molar-refractivity contribution in [1.29, 1.82) is 0 Å². The van der Waals surface area contributed by atoms with Crippen molar-refractivity contribution in [2.24, 2.45) is 5.92 Å². The van der Waals surface area contributed by atoms with Gasteiger partial charge in [-0.05, 0) is 31.6 Å². The van der Waals surface area contributed by atoms with E-state index in [0.717, 1.165) is 25.7 Å². The molecule has 0 unspecified atom stereocenters. The molecular formula is C14H20F4O4. The Balaban J connectivity index is 2.19. The molecule has 1 aliphatic carbocycles. The number of halogens is 4. The second kappa shape index (κ2) is 8.33. The van der Waals surface area contributed by atoms with Gasteiger partial charge in [-0.25, -0.2) is 8.78 Å². The Morgan fingerprint density at radius 2 is 1.64 bits per heavy atom. The topological polar surface area (TPSA) is 52.6 Å². The molecule has 8 heteroatoms. The maximum atomic E-state index is 12.5. The van der Waals surface area contributed by atoms with Crippen molar-refractivity contribution in [3.05, 3.63) is 0 Å². The van der Waals surface area contributed by atoms with E-state index in [-0.39, 0.29) is 12.5 Å². The van der Waals surface area contributed by atoms with Crippen molar-refractivity contribution in [1.82, 2.24) is 0 Å². The molecule has 0 amide bonds. The van der Waals surface area contributed by atoms with Gasteiger partial charge < -0.3 is 9.47 Å². The van der Waals surface area contributed by atoms with Gasteiger partial charge in [-0.2, -0.15) is 8.78 Å². The minimum absolute atomic E-state index is 0.178. The number of ether oxygens (including phenoxy) is 2. The lowest BCUT2D eigenvalue weighted by molar-refractivity contribution is -0.180. The average molecular weight is 328 g/mol. The number of hydrogen-bond donors (Lipinski definition) is 0. The van der Waals surface area contributed by atoms with Gasteiger partial charge >= 0.3 is 24.3 Å². The molecule has 0 N–H and O–H groups in total. The van der Waals surface area contributed by atoms with Gasteiger partial charge in [-0.3, -0.25) is 9.59 Å².